The molecule has 0 saturated carbocycles. The van der Waals surface area contributed by atoms with E-state index < -0.39 is 8.77 Å². The molecule has 1 atom stereocenters. The molecule has 0 heterocycles. The lowest BCUT2D eigenvalue weighted by Crippen LogP contribution is -2.09. The van der Waals surface area contributed by atoms with Gasteiger partial charge in [-0.3, -0.25) is 4.18 Å². The first-order valence-corrected chi connectivity index (χ1v) is 4.59. The van der Waals surface area contributed by atoms with Gasteiger partial charge in [-0.05, 0) is 0 Å². The number of aliphatic hydroxyl groups is 1. The summed E-state index contributed by atoms with van der Waals surface area (Å²) in [4.78, 5) is 0. The minimum atomic E-state index is -2.59. The van der Waals surface area contributed by atoms with E-state index in [9.17, 15) is 4.21 Å². The van der Waals surface area contributed by atoms with Crippen molar-refractivity contribution in [2.24, 2.45) is 0 Å². The second-order valence-electron chi connectivity index (χ2n) is 1.15. The molecule has 1 unspecified atom stereocenters. The summed E-state index contributed by atoms with van der Waals surface area (Å²) in [5.74, 6) is 0.0405. The van der Waals surface area contributed by atoms with Gasteiger partial charge in [0.2, 0.25) is 0 Å². The standard InChI is InChI=1S/C3H8O3S2/c1-6-8(5,7)3-2-4/h4H,2-3H2,1H3. The highest BCUT2D eigenvalue weighted by molar-refractivity contribution is 8.30. The van der Waals surface area contributed by atoms with E-state index in [2.05, 4.69) is 15.4 Å². The van der Waals surface area contributed by atoms with E-state index >= 15 is 0 Å². The van der Waals surface area contributed by atoms with Crippen molar-refractivity contribution in [1.29, 1.82) is 0 Å². The van der Waals surface area contributed by atoms with Crippen LogP contribution in [-0.2, 0) is 24.1 Å². The predicted octanol–water partition coefficient (Wildman–Crippen LogP) is -0.714. The third-order valence-corrected chi connectivity index (χ3v) is 2.69. The van der Waals surface area contributed by atoms with Gasteiger partial charge >= 0.3 is 0 Å². The van der Waals surface area contributed by atoms with E-state index in [1.165, 1.54) is 7.11 Å². The zero-order valence-electron chi connectivity index (χ0n) is 4.49. The van der Waals surface area contributed by atoms with E-state index in [4.69, 9.17) is 5.11 Å². The molecule has 8 heavy (non-hydrogen) atoms. The van der Waals surface area contributed by atoms with Gasteiger partial charge in [-0.15, -0.1) is 0 Å². The average Bonchev–Trinajstić information content (AvgIpc) is 1.67. The highest BCUT2D eigenvalue weighted by Gasteiger charge is 1.99. The average molecular weight is 156 g/mol. The number of aliphatic hydroxyl groups excluding tert-OH is 1. The van der Waals surface area contributed by atoms with Gasteiger partial charge in [-0.2, -0.15) is 0 Å². The topological polar surface area (TPSA) is 46.5 Å². The summed E-state index contributed by atoms with van der Waals surface area (Å²) in [6.07, 6.45) is 0. The van der Waals surface area contributed by atoms with Gasteiger partial charge in [-0.25, -0.2) is 4.21 Å². The molecule has 0 aromatic heterocycles. The fraction of sp³-hybridized carbons (Fsp3) is 1.00. The van der Waals surface area contributed by atoms with Crippen molar-refractivity contribution in [3.05, 3.63) is 0 Å². The van der Waals surface area contributed by atoms with Crippen molar-refractivity contribution in [2.45, 2.75) is 0 Å². The van der Waals surface area contributed by atoms with Gasteiger partial charge in [0, 0.05) is 11.2 Å². The van der Waals surface area contributed by atoms with Crippen LogP contribution in [0.3, 0.4) is 0 Å². The van der Waals surface area contributed by atoms with Crippen LogP contribution in [0.1, 0.15) is 0 Å². The Morgan fingerprint density at radius 3 is 2.50 bits per heavy atom. The van der Waals surface area contributed by atoms with Crippen molar-refractivity contribution < 1.29 is 13.5 Å². The van der Waals surface area contributed by atoms with Gasteiger partial charge < -0.3 is 5.11 Å². The molecule has 3 nitrogen and oxygen atoms in total. The van der Waals surface area contributed by atoms with Gasteiger partial charge in [0.1, 0.15) is 8.77 Å². The number of rotatable bonds is 3. The summed E-state index contributed by atoms with van der Waals surface area (Å²) >= 11 is 4.39. The zero-order valence-corrected chi connectivity index (χ0v) is 6.13. The van der Waals surface area contributed by atoms with Gasteiger partial charge in [0.05, 0.1) is 19.5 Å². The van der Waals surface area contributed by atoms with E-state index in [-0.39, 0.29) is 12.4 Å². The lowest BCUT2D eigenvalue weighted by Gasteiger charge is -1.98. The summed E-state index contributed by atoms with van der Waals surface area (Å²) in [6, 6.07) is 0. The zero-order chi connectivity index (χ0) is 6.62. The fourth-order valence-electron chi connectivity index (χ4n) is 0.195. The Hall–Kier alpha value is 0.290. The molecule has 50 valence electrons. The maximum atomic E-state index is 10.6. The van der Waals surface area contributed by atoms with E-state index in [1.54, 1.807) is 0 Å². The maximum absolute atomic E-state index is 10.6. The molecule has 0 radical (unpaired) electrons. The van der Waals surface area contributed by atoms with Crippen molar-refractivity contribution in [3.8, 4) is 0 Å². The molecule has 0 aliphatic carbocycles. The van der Waals surface area contributed by atoms with Gasteiger partial charge in [0.25, 0.3) is 0 Å². The lowest BCUT2D eigenvalue weighted by molar-refractivity contribution is 0.316. The summed E-state index contributed by atoms with van der Waals surface area (Å²) in [6.45, 7) is -0.184. The molecule has 0 rings (SSSR count). The van der Waals surface area contributed by atoms with Crippen LogP contribution < -0.4 is 0 Å². The molecule has 0 aromatic rings. The van der Waals surface area contributed by atoms with Crippen LogP contribution in [0.15, 0.2) is 0 Å². The minimum absolute atomic E-state index is 0.0405. The summed E-state index contributed by atoms with van der Waals surface area (Å²) in [5, 5.41) is 8.21. The Balaban J connectivity index is 3.76. The van der Waals surface area contributed by atoms with Crippen LogP contribution in [-0.4, -0.2) is 28.8 Å². The first kappa shape index (κ1) is 8.29. The third-order valence-electron chi connectivity index (χ3n) is 0.595. The van der Waals surface area contributed by atoms with Gasteiger partial charge in [-0.1, -0.05) is 0 Å². The molecule has 1 N–H and O–H groups in total. The second kappa shape index (κ2) is 3.34. The summed E-state index contributed by atoms with van der Waals surface area (Å²) < 4.78 is 14.9. The Morgan fingerprint density at radius 2 is 2.38 bits per heavy atom. The molecule has 0 aliphatic rings. The SMILES string of the molecule is COS(=O)(=S)CCO. The monoisotopic (exact) mass is 156 g/mol. The highest BCUT2D eigenvalue weighted by Crippen LogP contribution is 1.87. The molecular weight excluding hydrogens is 148 g/mol. The first-order chi connectivity index (χ1) is 3.62. The Labute approximate surface area is 53.5 Å². The van der Waals surface area contributed by atoms with Crippen LogP contribution in [0, 0.1) is 0 Å². The number of hydrogen-bond donors (Lipinski definition) is 1. The largest absolute Gasteiger partial charge is 0.395 e. The Kier molecular flexibility index (Phi) is 3.46. The molecule has 0 fully saturated rings. The lowest BCUT2D eigenvalue weighted by atomic mass is 10.9. The quantitative estimate of drug-likeness (QED) is 0.586. The molecule has 0 spiro atoms. The second-order valence-corrected chi connectivity index (χ2v) is 4.53. The van der Waals surface area contributed by atoms with Crippen LogP contribution in [0.5, 0.6) is 0 Å². The Bertz CT molecular complexity index is 137. The fourth-order valence-corrected chi connectivity index (χ4v) is 0.809. The molecule has 5 heteroatoms. The van der Waals surface area contributed by atoms with E-state index in [0.717, 1.165) is 0 Å². The van der Waals surface area contributed by atoms with E-state index in [1.807, 2.05) is 0 Å². The third kappa shape index (κ3) is 3.31. The van der Waals surface area contributed by atoms with E-state index in [0.29, 0.717) is 0 Å². The van der Waals surface area contributed by atoms with Crippen molar-refractivity contribution in [2.75, 3.05) is 19.5 Å². The molecule has 0 saturated heterocycles. The van der Waals surface area contributed by atoms with Crippen LogP contribution in [0.25, 0.3) is 0 Å². The van der Waals surface area contributed by atoms with Crippen LogP contribution in [0.2, 0.25) is 0 Å². The van der Waals surface area contributed by atoms with Crippen LogP contribution >= 0.6 is 0 Å². The minimum Gasteiger partial charge on any atom is -0.395 e. The molecule has 0 amide bonds. The van der Waals surface area contributed by atoms with Crippen molar-refractivity contribution in [3.63, 3.8) is 0 Å². The van der Waals surface area contributed by atoms with Crippen molar-refractivity contribution in [1.82, 2.24) is 0 Å². The highest BCUT2D eigenvalue weighted by atomic mass is 32.8. The first-order valence-electron chi connectivity index (χ1n) is 2.01. The molecular formula is C3H8O3S2. The molecule has 0 aliphatic heterocycles. The molecule has 0 aromatic carbocycles. The summed E-state index contributed by atoms with van der Waals surface area (Å²) in [5.41, 5.74) is 0. The van der Waals surface area contributed by atoms with Crippen molar-refractivity contribution >= 4 is 20.0 Å². The molecule has 0 bridgehead atoms. The number of hydrogen-bond acceptors (Lipinski definition) is 4. The normalized spacial score (nSPS) is 17.8. The predicted molar refractivity (Wildman–Crippen MR) is 34.5 cm³/mol. The summed E-state index contributed by atoms with van der Waals surface area (Å²) in [7, 11) is -1.32. The van der Waals surface area contributed by atoms with Crippen LogP contribution in [0.4, 0.5) is 0 Å². The van der Waals surface area contributed by atoms with Gasteiger partial charge in [0.15, 0.2) is 0 Å². The smallest absolute Gasteiger partial charge is 0.146 e. The Morgan fingerprint density at radius 1 is 1.88 bits per heavy atom. The maximum Gasteiger partial charge on any atom is 0.146 e.